The Bertz CT molecular complexity index is 530. The minimum Gasteiger partial charge on any atom is -0.379 e. The third-order valence-corrected chi connectivity index (χ3v) is 2.74. The average Bonchev–Trinajstić information content (AvgIpc) is 2.84. The van der Waals surface area contributed by atoms with Crippen LogP contribution in [0.15, 0.2) is 12.1 Å². The molecule has 0 aromatic heterocycles. The molecule has 8 heteroatoms. The summed E-state index contributed by atoms with van der Waals surface area (Å²) in [6.07, 6.45) is 0.573. The summed E-state index contributed by atoms with van der Waals surface area (Å²) < 4.78 is 31.1. The quantitative estimate of drug-likeness (QED) is 0.666. The van der Waals surface area contributed by atoms with Gasteiger partial charge in [0.1, 0.15) is 5.56 Å². The van der Waals surface area contributed by atoms with Crippen molar-refractivity contribution < 1.29 is 23.2 Å². The van der Waals surface area contributed by atoms with Gasteiger partial charge in [0.15, 0.2) is 11.6 Å². The summed E-state index contributed by atoms with van der Waals surface area (Å²) in [4.78, 5) is 21.6. The van der Waals surface area contributed by atoms with Crippen molar-refractivity contribution in [1.29, 1.82) is 0 Å². The van der Waals surface area contributed by atoms with Crippen LogP contribution in [-0.4, -0.2) is 30.1 Å². The molecule has 1 aliphatic rings. The fourth-order valence-corrected chi connectivity index (χ4v) is 1.78. The number of benzene rings is 1. The summed E-state index contributed by atoms with van der Waals surface area (Å²) in [6, 6.07) is 0.647. The zero-order chi connectivity index (χ0) is 14.0. The van der Waals surface area contributed by atoms with Gasteiger partial charge in [-0.2, -0.15) is 0 Å². The molecule has 1 fully saturated rings. The Morgan fingerprint density at radius 2 is 2.11 bits per heavy atom. The SMILES string of the molecule is O=C(NC1CCOC1)c1cc(F)c(F)cc1[N+](=O)[O-]. The molecular weight excluding hydrogens is 262 g/mol. The molecule has 1 aliphatic heterocycles. The number of ether oxygens (including phenoxy) is 1. The largest absolute Gasteiger partial charge is 0.379 e. The summed E-state index contributed by atoms with van der Waals surface area (Å²) in [6.45, 7) is 0.772. The number of nitro benzene ring substituents is 1. The van der Waals surface area contributed by atoms with Crippen LogP contribution in [0.25, 0.3) is 0 Å². The Labute approximate surface area is 106 Å². The van der Waals surface area contributed by atoms with E-state index >= 15 is 0 Å². The first kappa shape index (κ1) is 13.3. The lowest BCUT2D eigenvalue weighted by atomic mass is 10.1. The average molecular weight is 272 g/mol. The number of amides is 1. The Balaban J connectivity index is 2.28. The van der Waals surface area contributed by atoms with Crippen LogP contribution in [-0.2, 0) is 4.74 Å². The molecule has 0 radical (unpaired) electrons. The third-order valence-electron chi connectivity index (χ3n) is 2.74. The number of carbonyl (C=O) groups excluding carboxylic acids is 1. The molecule has 0 saturated carbocycles. The normalized spacial score (nSPS) is 18.3. The van der Waals surface area contributed by atoms with Crippen LogP contribution in [0.1, 0.15) is 16.8 Å². The highest BCUT2D eigenvalue weighted by atomic mass is 19.2. The Kier molecular flexibility index (Phi) is 3.70. The van der Waals surface area contributed by atoms with E-state index in [1.165, 1.54) is 0 Å². The molecule has 19 heavy (non-hydrogen) atoms. The lowest BCUT2D eigenvalue weighted by Crippen LogP contribution is -2.35. The molecule has 1 N–H and O–H groups in total. The van der Waals surface area contributed by atoms with Gasteiger partial charge in [0.05, 0.1) is 23.6 Å². The van der Waals surface area contributed by atoms with Crippen LogP contribution in [0.2, 0.25) is 0 Å². The van der Waals surface area contributed by atoms with Crippen LogP contribution in [0.5, 0.6) is 0 Å². The lowest BCUT2D eigenvalue weighted by Gasteiger charge is -2.10. The predicted molar refractivity (Wildman–Crippen MR) is 59.7 cm³/mol. The first-order valence-corrected chi connectivity index (χ1v) is 5.51. The second kappa shape index (κ2) is 5.27. The first-order chi connectivity index (χ1) is 8.99. The van der Waals surface area contributed by atoms with Crippen molar-refractivity contribution in [2.75, 3.05) is 13.2 Å². The highest BCUT2D eigenvalue weighted by molar-refractivity contribution is 5.98. The Hall–Kier alpha value is -2.09. The van der Waals surface area contributed by atoms with Crippen molar-refractivity contribution in [1.82, 2.24) is 5.32 Å². The van der Waals surface area contributed by atoms with E-state index in [0.717, 1.165) is 0 Å². The summed E-state index contributed by atoms with van der Waals surface area (Å²) in [5, 5.41) is 13.2. The fourth-order valence-electron chi connectivity index (χ4n) is 1.78. The zero-order valence-electron chi connectivity index (χ0n) is 9.69. The van der Waals surface area contributed by atoms with Gasteiger partial charge in [0.2, 0.25) is 0 Å². The van der Waals surface area contributed by atoms with Crippen LogP contribution < -0.4 is 5.32 Å². The molecule has 1 atom stereocenters. The van der Waals surface area contributed by atoms with Crippen LogP contribution >= 0.6 is 0 Å². The highest BCUT2D eigenvalue weighted by Gasteiger charge is 2.26. The van der Waals surface area contributed by atoms with Gasteiger partial charge in [-0.1, -0.05) is 0 Å². The summed E-state index contributed by atoms with van der Waals surface area (Å²) in [7, 11) is 0. The van der Waals surface area contributed by atoms with Crippen molar-refractivity contribution in [2.24, 2.45) is 0 Å². The maximum absolute atomic E-state index is 13.1. The van der Waals surface area contributed by atoms with Crippen LogP contribution in [0.3, 0.4) is 0 Å². The maximum Gasteiger partial charge on any atom is 0.285 e. The van der Waals surface area contributed by atoms with E-state index in [2.05, 4.69) is 5.32 Å². The smallest absolute Gasteiger partial charge is 0.285 e. The van der Waals surface area contributed by atoms with E-state index in [0.29, 0.717) is 31.8 Å². The van der Waals surface area contributed by atoms with Crippen LogP contribution in [0.4, 0.5) is 14.5 Å². The van der Waals surface area contributed by atoms with E-state index < -0.39 is 33.7 Å². The van der Waals surface area contributed by atoms with Crippen molar-refractivity contribution >= 4 is 11.6 Å². The zero-order valence-corrected chi connectivity index (χ0v) is 9.69. The van der Waals surface area contributed by atoms with Gasteiger partial charge in [-0.25, -0.2) is 8.78 Å². The van der Waals surface area contributed by atoms with E-state index in [1.54, 1.807) is 0 Å². The molecule has 1 saturated heterocycles. The van der Waals surface area contributed by atoms with E-state index in [1.807, 2.05) is 0 Å². The number of rotatable bonds is 3. The van der Waals surface area contributed by atoms with Gasteiger partial charge < -0.3 is 10.1 Å². The number of hydrogen-bond acceptors (Lipinski definition) is 4. The van der Waals surface area contributed by atoms with Gasteiger partial charge in [-0.05, 0) is 12.5 Å². The van der Waals surface area contributed by atoms with Crippen molar-refractivity contribution in [2.45, 2.75) is 12.5 Å². The molecule has 1 amide bonds. The van der Waals surface area contributed by atoms with Gasteiger partial charge >= 0.3 is 0 Å². The predicted octanol–water partition coefficient (Wildman–Crippen LogP) is 1.39. The number of nitrogens with zero attached hydrogens (tertiary/aromatic N) is 1. The van der Waals surface area contributed by atoms with E-state index in [9.17, 15) is 23.7 Å². The Morgan fingerprint density at radius 1 is 1.42 bits per heavy atom. The number of nitro groups is 1. The number of nitrogens with one attached hydrogen (secondary N) is 1. The van der Waals surface area contributed by atoms with Crippen LogP contribution in [0, 0.1) is 21.7 Å². The molecule has 1 heterocycles. The first-order valence-electron chi connectivity index (χ1n) is 5.51. The molecule has 1 aromatic rings. The lowest BCUT2D eigenvalue weighted by molar-refractivity contribution is -0.385. The number of carbonyl (C=O) groups is 1. The monoisotopic (exact) mass is 272 g/mol. The van der Waals surface area contributed by atoms with Crippen molar-refractivity contribution in [3.8, 4) is 0 Å². The molecule has 0 bridgehead atoms. The summed E-state index contributed by atoms with van der Waals surface area (Å²) >= 11 is 0. The standard InChI is InChI=1S/C11H10F2N2O4/c12-8-3-7(10(15(17)18)4-9(8)13)11(16)14-6-1-2-19-5-6/h3-4,6H,1-2,5H2,(H,14,16). The Morgan fingerprint density at radius 3 is 2.68 bits per heavy atom. The number of hydrogen-bond donors (Lipinski definition) is 1. The highest BCUT2D eigenvalue weighted by Crippen LogP contribution is 2.22. The van der Waals surface area contributed by atoms with E-state index in [-0.39, 0.29) is 6.04 Å². The fraction of sp³-hybridized carbons (Fsp3) is 0.364. The second-order valence-electron chi connectivity index (χ2n) is 4.07. The van der Waals surface area contributed by atoms with Gasteiger partial charge in [-0.3, -0.25) is 14.9 Å². The third kappa shape index (κ3) is 2.84. The van der Waals surface area contributed by atoms with Crippen molar-refractivity contribution in [3.63, 3.8) is 0 Å². The minimum absolute atomic E-state index is 0.278. The molecule has 2 rings (SSSR count). The van der Waals surface area contributed by atoms with Crippen molar-refractivity contribution in [3.05, 3.63) is 39.4 Å². The number of halogens is 2. The topological polar surface area (TPSA) is 81.5 Å². The molecule has 0 aliphatic carbocycles. The second-order valence-corrected chi connectivity index (χ2v) is 4.07. The maximum atomic E-state index is 13.1. The molecule has 1 aromatic carbocycles. The molecule has 1 unspecified atom stereocenters. The van der Waals surface area contributed by atoms with Gasteiger partial charge in [-0.15, -0.1) is 0 Å². The molecule has 102 valence electrons. The summed E-state index contributed by atoms with van der Waals surface area (Å²) in [5.74, 6) is -3.49. The van der Waals surface area contributed by atoms with Gasteiger partial charge in [0.25, 0.3) is 11.6 Å². The molecule has 0 spiro atoms. The van der Waals surface area contributed by atoms with E-state index in [4.69, 9.17) is 4.74 Å². The molecule has 6 nitrogen and oxygen atoms in total. The van der Waals surface area contributed by atoms with Gasteiger partial charge in [0, 0.05) is 6.61 Å². The molecular formula is C11H10F2N2O4. The summed E-state index contributed by atoms with van der Waals surface area (Å²) in [5.41, 5.74) is -1.27. The minimum atomic E-state index is -1.37.